The van der Waals surface area contributed by atoms with Crippen molar-refractivity contribution in [3.05, 3.63) is 78.4 Å². The fraction of sp³-hybridized carbons (Fsp3) is 0.100. The Morgan fingerprint density at radius 2 is 2.00 bits per heavy atom. The first-order valence-corrected chi connectivity index (χ1v) is 8.52. The molecule has 0 saturated carbocycles. The summed E-state index contributed by atoms with van der Waals surface area (Å²) in [5.74, 6) is 0. The standard InChI is InChI=1S/C20H18N6/c1-26-12-14(10-23-26)20(17-11-21-18-5-3-2-4-16(17)18)24-15-7-6-13-9-22-25-19(13)8-15/h2-12,20-21,24H,1H3,(H,22,25). The molecule has 0 bridgehead atoms. The third kappa shape index (κ3) is 2.43. The van der Waals surface area contributed by atoms with Gasteiger partial charge < -0.3 is 10.3 Å². The third-order valence-electron chi connectivity index (χ3n) is 4.74. The molecule has 6 heteroatoms. The smallest absolute Gasteiger partial charge is 0.0818 e. The van der Waals surface area contributed by atoms with E-state index in [0.717, 1.165) is 27.7 Å². The fourth-order valence-corrected chi connectivity index (χ4v) is 3.46. The highest BCUT2D eigenvalue weighted by atomic mass is 15.2. The Morgan fingerprint density at radius 3 is 2.88 bits per heavy atom. The van der Waals surface area contributed by atoms with Crippen LogP contribution in [0.4, 0.5) is 5.69 Å². The van der Waals surface area contributed by atoms with Gasteiger partial charge in [-0.25, -0.2) is 0 Å². The summed E-state index contributed by atoms with van der Waals surface area (Å²) >= 11 is 0. The van der Waals surface area contributed by atoms with E-state index in [-0.39, 0.29) is 6.04 Å². The average Bonchev–Trinajstić information content (AvgIpc) is 3.38. The van der Waals surface area contributed by atoms with E-state index < -0.39 is 0 Å². The number of hydrogen-bond donors (Lipinski definition) is 3. The predicted octanol–water partition coefficient (Wildman–Crippen LogP) is 3.98. The molecule has 0 radical (unpaired) electrons. The van der Waals surface area contributed by atoms with Crippen LogP contribution in [-0.2, 0) is 7.05 Å². The van der Waals surface area contributed by atoms with Gasteiger partial charge in [-0.3, -0.25) is 9.78 Å². The second-order valence-electron chi connectivity index (χ2n) is 6.49. The Kier molecular flexibility index (Phi) is 3.28. The molecule has 3 heterocycles. The van der Waals surface area contributed by atoms with Gasteiger partial charge in [-0.2, -0.15) is 10.2 Å². The minimum absolute atomic E-state index is 0.0137. The van der Waals surface area contributed by atoms with Crippen molar-refractivity contribution < 1.29 is 0 Å². The molecule has 0 amide bonds. The quantitative estimate of drug-likeness (QED) is 0.462. The fourth-order valence-electron chi connectivity index (χ4n) is 3.46. The maximum atomic E-state index is 4.36. The normalized spacial score (nSPS) is 12.7. The molecule has 0 fully saturated rings. The predicted molar refractivity (Wildman–Crippen MR) is 103 cm³/mol. The van der Waals surface area contributed by atoms with Gasteiger partial charge in [0.05, 0.1) is 24.0 Å². The maximum absolute atomic E-state index is 4.36. The van der Waals surface area contributed by atoms with Gasteiger partial charge in [-0.05, 0) is 24.3 Å². The lowest BCUT2D eigenvalue weighted by atomic mass is 10.0. The Bertz CT molecular complexity index is 1200. The summed E-state index contributed by atoms with van der Waals surface area (Å²) in [6, 6.07) is 14.6. The van der Waals surface area contributed by atoms with Crippen LogP contribution >= 0.6 is 0 Å². The highest BCUT2D eigenvalue weighted by Gasteiger charge is 2.19. The first-order valence-electron chi connectivity index (χ1n) is 8.52. The van der Waals surface area contributed by atoms with Gasteiger partial charge in [-0.1, -0.05) is 18.2 Å². The van der Waals surface area contributed by atoms with Crippen LogP contribution in [0.15, 0.2) is 67.3 Å². The number of para-hydroxylation sites is 1. The van der Waals surface area contributed by atoms with Crippen molar-refractivity contribution in [2.75, 3.05) is 5.32 Å². The van der Waals surface area contributed by atoms with Gasteiger partial charge in [0, 0.05) is 52.5 Å². The first kappa shape index (κ1) is 14.8. The SMILES string of the molecule is Cn1cc(C(Nc2ccc3cn[nH]c3c2)c2c[nH]c3ccccc23)cn1. The van der Waals surface area contributed by atoms with Gasteiger partial charge in [0.15, 0.2) is 0 Å². The van der Waals surface area contributed by atoms with Gasteiger partial charge in [-0.15, -0.1) is 0 Å². The molecule has 5 aromatic rings. The van der Waals surface area contributed by atoms with E-state index >= 15 is 0 Å². The van der Waals surface area contributed by atoms with E-state index in [9.17, 15) is 0 Å². The summed E-state index contributed by atoms with van der Waals surface area (Å²) in [7, 11) is 1.94. The van der Waals surface area contributed by atoms with E-state index in [0.29, 0.717) is 0 Å². The summed E-state index contributed by atoms with van der Waals surface area (Å²) in [4.78, 5) is 3.37. The summed E-state index contributed by atoms with van der Waals surface area (Å²) in [6.45, 7) is 0. The van der Waals surface area contributed by atoms with Crippen molar-refractivity contribution in [1.29, 1.82) is 0 Å². The molecule has 2 aromatic carbocycles. The topological polar surface area (TPSA) is 74.3 Å². The molecule has 0 aliphatic rings. The van der Waals surface area contributed by atoms with Crippen LogP contribution in [0.25, 0.3) is 21.8 Å². The molecular weight excluding hydrogens is 324 g/mol. The van der Waals surface area contributed by atoms with E-state index in [4.69, 9.17) is 0 Å². The van der Waals surface area contributed by atoms with Crippen LogP contribution in [0, 0.1) is 0 Å². The first-order chi connectivity index (χ1) is 12.8. The number of nitrogens with one attached hydrogen (secondary N) is 3. The van der Waals surface area contributed by atoms with Crippen molar-refractivity contribution >= 4 is 27.5 Å². The van der Waals surface area contributed by atoms with E-state index in [1.807, 2.05) is 36.4 Å². The zero-order valence-corrected chi connectivity index (χ0v) is 14.3. The van der Waals surface area contributed by atoms with Crippen molar-refractivity contribution in [2.24, 2.45) is 7.05 Å². The molecule has 0 saturated heterocycles. The van der Waals surface area contributed by atoms with Gasteiger partial charge in [0.1, 0.15) is 0 Å². The lowest BCUT2D eigenvalue weighted by Gasteiger charge is -2.19. The van der Waals surface area contributed by atoms with Crippen molar-refractivity contribution in [1.82, 2.24) is 25.0 Å². The van der Waals surface area contributed by atoms with Crippen LogP contribution in [0.3, 0.4) is 0 Å². The largest absolute Gasteiger partial charge is 0.374 e. The minimum Gasteiger partial charge on any atom is -0.374 e. The summed E-state index contributed by atoms with van der Waals surface area (Å²) in [5, 5.41) is 17.5. The Hall–Kier alpha value is -3.54. The third-order valence-corrected chi connectivity index (χ3v) is 4.74. The number of hydrogen-bond acceptors (Lipinski definition) is 3. The lowest BCUT2D eigenvalue weighted by Crippen LogP contribution is -2.11. The van der Waals surface area contributed by atoms with Gasteiger partial charge >= 0.3 is 0 Å². The molecule has 1 atom stereocenters. The number of nitrogens with zero attached hydrogens (tertiary/aromatic N) is 3. The van der Waals surface area contributed by atoms with E-state index in [1.165, 1.54) is 10.9 Å². The Balaban J connectivity index is 1.61. The summed E-state index contributed by atoms with van der Waals surface area (Å²) < 4.78 is 1.83. The number of fused-ring (bicyclic) bond motifs is 2. The molecule has 1 unspecified atom stereocenters. The van der Waals surface area contributed by atoms with Crippen molar-refractivity contribution in [2.45, 2.75) is 6.04 Å². The summed E-state index contributed by atoms with van der Waals surface area (Å²) in [5.41, 5.74) is 5.47. The number of anilines is 1. The van der Waals surface area contributed by atoms with Crippen LogP contribution in [0.1, 0.15) is 17.2 Å². The zero-order valence-electron chi connectivity index (χ0n) is 14.3. The van der Waals surface area contributed by atoms with Crippen LogP contribution in [0.5, 0.6) is 0 Å². The maximum Gasteiger partial charge on any atom is 0.0818 e. The molecule has 26 heavy (non-hydrogen) atoms. The molecular formula is C20H18N6. The van der Waals surface area contributed by atoms with Crippen LogP contribution in [-0.4, -0.2) is 25.0 Å². The number of benzene rings is 2. The second kappa shape index (κ2) is 5.77. The molecule has 0 aliphatic carbocycles. The Labute approximate surface area is 149 Å². The molecule has 5 rings (SSSR count). The van der Waals surface area contributed by atoms with Gasteiger partial charge in [0.2, 0.25) is 0 Å². The number of aryl methyl sites for hydroxylation is 1. The lowest BCUT2D eigenvalue weighted by molar-refractivity contribution is 0.766. The number of H-pyrrole nitrogens is 2. The monoisotopic (exact) mass is 342 g/mol. The molecule has 0 spiro atoms. The van der Waals surface area contributed by atoms with Crippen molar-refractivity contribution in [3.8, 4) is 0 Å². The molecule has 6 nitrogen and oxygen atoms in total. The molecule has 3 N–H and O–H groups in total. The second-order valence-corrected chi connectivity index (χ2v) is 6.49. The highest BCUT2D eigenvalue weighted by molar-refractivity contribution is 5.85. The van der Waals surface area contributed by atoms with E-state index in [1.54, 1.807) is 0 Å². The van der Waals surface area contributed by atoms with Crippen molar-refractivity contribution in [3.63, 3.8) is 0 Å². The average molecular weight is 342 g/mol. The van der Waals surface area contributed by atoms with Gasteiger partial charge in [0.25, 0.3) is 0 Å². The van der Waals surface area contributed by atoms with Crippen LogP contribution < -0.4 is 5.32 Å². The number of rotatable bonds is 4. The highest BCUT2D eigenvalue weighted by Crippen LogP contribution is 2.32. The summed E-state index contributed by atoms with van der Waals surface area (Å²) in [6.07, 6.45) is 7.86. The zero-order chi connectivity index (χ0) is 17.5. The molecule has 0 aliphatic heterocycles. The number of aromatic amines is 2. The minimum atomic E-state index is -0.0137. The van der Waals surface area contributed by atoms with Crippen LogP contribution in [0.2, 0.25) is 0 Å². The molecule has 128 valence electrons. The Morgan fingerprint density at radius 1 is 1.08 bits per heavy atom. The molecule has 3 aromatic heterocycles. The van der Waals surface area contributed by atoms with E-state index in [2.05, 4.69) is 68.2 Å². The number of aromatic nitrogens is 5.